The minimum Gasteiger partial charge on any atom is -0.480 e. The molecule has 1 rings (SSSR count). The van der Waals surface area contributed by atoms with Crippen LogP contribution >= 0.6 is 7.82 Å². The third kappa shape index (κ3) is 14.1. The zero-order valence-electron chi connectivity index (χ0n) is 22.0. The number of nitrogens with zero attached hydrogens (tertiary/aromatic N) is 1. The van der Waals surface area contributed by atoms with Crippen LogP contribution < -0.4 is 10.6 Å². The van der Waals surface area contributed by atoms with Crippen molar-refractivity contribution in [3.63, 3.8) is 0 Å². The number of carboxylic acids is 1. The molecule has 0 heterocycles. The van der Waals surface area contributed by atoms with E-state index in [1.54, 1.807) is 30.3 Å². The van der Waals surface area contributed by atoms with E-state index >= 15 is 0 Å². The molecule has 0 saturated carbocycles. The number of phosphoric acid groups is 1. The molecule has 0 spiro atoms. The Bertz CT molecular complexity index is 966. The standard InChI is InChI=1S/C24H38N3O9P/c1-17(2)24(31)34-16-20(36-37(32,33)35-13-12-27(4,5)6)15-25-18(3)22(28)26-21(23(29)30)14-19-10-8-7-9-11-19/h7-11,18,20-21,25H,1,12-16H2,2-6H3,(H2-,26,28,29,30,32,33)/p+1. The molecule has 37 heavy (non-hydrogen) atoms. The van der Waals surface area contributed by atoms with Crippen LogP contribution in [0.2, 0.25) is 0 Å². The van der Waals surface area contributed by atoms with E-state index in [1.165, 1.54) is 13.8 Å². The van der Waals surface area contributed by atoms with Crippen molar-refractivity contribution in [2.45, 2.75) is 38.5 Å². The predicted molar refractivity (Wildman–Crippen MR) is 136 cm³/mol. The molecule has 13 heteroatoms. The smallest absolute Gasteiger partial charge is 0.472 e. The fourth-order valence-corrected chi connectivity index (χ4v) is 3.70. The molecule has 208 valence electrons. The van der Waals surface area contributed by atoms with Crippen LogP contribution in [0.25, 0.3) is 0 Å². The van der Waals surface area contributed by atoms with E-state index in [2.05, 4.69) is 17.2 Å². The van der Waals surface area contributed by atoms with E-state index in [-0.39, 0.29) is 25.1 Å². The van der Waals surface area contributed by atoms with Crippen molar-refractivity contribution in [2.75, 3.05) is 47.4 Å². The van der Waals surface area contributed by atoms with Crippen molar-refractivity contribution < 1.29 is 47.2 Å². The first-order valence-electron chi connectivity index (χ1n) is 11.7. The van der Waals surface area contributed by atoms with Crippen molar-refractivity contribution >= 4 is 25.7 Å². The Kier molecular flexibility index (Phi) is 13.1. The number of esters is 1. The highest BCUT2D eigenvalue weighted by atomic mass is 31.2. The number of ether oxygens (including phenoxy) is 1. The van der Waals surface area contributed by atoms with E-state index in [1.807, 2.05) is 21.1 Å². The van der Waals surface area contributed by atoms with Gasteiger partial charge in [0.05, 0.1) is 27.2 Å². The molecule has 4 atom stereocenters. The number of hydrogen-bond donors (Lipinski definition) is 4. The molecule has 0 bridgehead atoms. The van der Waals surface area contributed by atoms with Gasteiger partial charge in [-0.1, -0.05) is 36.9 Å². The lowest BCUT2D eigenvalue weighted by atomic mass is 10.1. The van der Waals surface area contributed by atoms with Crippen LogP contribution in [0.15, 0.2) is 42.5 Å². The maximum atomic E-state index is 12.6. The summed E-state index contributed by atoms with van der Waals surface area (Å²) in [6.07, 6.45) is -1.06. The lowest BCUT2D eigenvalue weighted by Gasteiger charge is -2.26. The van der Waals surface area contributed by atoms with E-state index in [0.29, 0.717) is 11.0 Å². The number of benzene rings is 1. The first kappa shape index (κ1) is 32.4. The molecule has 4 unspecified atom stereocenters. The number of nitrogens with one attached hydrogen (secondary N) is 2. The van der Waals surface area contributed by atoms with E-state index in [9.17, 15) is 28.9 Å². The molecule has 1 amide bonds. The largest absolute Gasteiger partial charge is 0.480 e. The number of likely N-dealkylation sites (N-methyl/N-ethyl adjacent to an activating group) is 1. The molecular formula is C24H39N3O9P+. The van der Waals surface area contributed by atoms with Crippen molar-refractivity contribution in [1.82, 2.24) is 10.6 Å². The number of carboxylic acid groups (broad SMARTS) is 1. The summed E-state index contributed by atoms with van der Waals surface area (Å²) in [5.74, 6) is -2.51. The second-order valence-corrected chi connectivity index (χ2v) is 11.0. The summed E-state index contributed by atoms with van der Waals surface area (Å²) >= 11 is 0. The van der Waals surface area contributed by atoms with Gasteiger partial charge in [-0.05, 0) is 19.4 Å². The molecule has 0 aliphatic carbocycles. The molecule has 0 fully saturated rings. The van der Waals surface area contributed by atoms with Crippen LogP contribution in [-0.2, 0) is 39.2 Å². The van der Waals surface area contributed by atoms with Crippen LogP contribution in [0.5, 0.6) is 0 Å². The van der Waals surface area contributed by atoms with Crippen molar-refractivity contribution in [3.05, 3.63) is 48.0 Å². The molecule has 0 saturated heterocycles. The number of hydrogen-bond acceptors (Lipinski definition) is 8. The van der Waals surface area contributed by atoms with Gasteiger partial charge in [0.15, 0.2) is 0 Å². The van der Waals surface area contributed by atoms with Gasteiger partial charge in [-0.3, -0.25) is 13.8 Å². The van der Waals surface area contributed by atoms with Gasteiger partial charge in [0, 0.05) is 18.5 Å². The van der Waals surface area contributed by atoms with Gasteiger partial charge in [0.2, 0.25) is 5.91 Å². The molecule has 0 aliphatic rings. The van der Waals surface area contributed by atoms with Crippen LogP contribution in [0.1, 0.15) is 19.4 Å². The average molecular weight is 545 g/mol. The predicted octanol–water partition coefficient (Wildman–Crippen LogP) is 1.10. The summed E-state index contributed by atoms with van der Waals surface area (Å²) in [5, 5.41) is 14.8. The molecule has 0 aromatic heterocycles. The molecule has 0 radical (unpaired) electrons. The van der Waals surface area contributed by atoms with Crippen molar-refractivity contribution in [2.24, 2.45) is 0 Å². The number of phosphoric ester groups is 1. The summed E-state index contributed by atoms with van der Waals surface area (Å²) in [5.41, 5.74) is 0.872. The fourth-order valence-electron chi connectivity index (χ4n) is 2.81. The summed E-state index contributed by atoms with van der Waals surface area (Å²) in [4.78, 5) is 46.2. The molecule has 0 aliphatic heterocycles. The number of quaternary nitrogens is 1. The van der Waals surface area contributed by atoms with Crippen LogP contribution in [0.4, 0.5) is 0 Å². The Labute approximate surface area is 217 Å². The summed E-state index contributed by atoms with van der Waals surface area (Å²) in [6, 6.07) is 6.80. The van der Waals surface area contributed by atoms with Gasteiger partial charge in [-0.25, -0.2) is 14.2 Å². The lowest BCUT2D eigenvalue weighted by molar-refractivity contribution is -0.870. The van der Waals surface area contributed by atoms with E-state index in [0.717, 1.165) is 5.56 Å². The molecule has 1 aromatic carbocycles. The first-order valence-corrected chi connectivity index (χ1v) is 13.2. The van der Waals surface area contributed by atoms with Crippen LogP contribution in [-0.4, -0.2) is 98.0 Å². The highest BCUT2D eigenvalue weighted by Gasteiger charge is 2.30. The Hall–Kier alpha value is -2.60. The summed E-state index contributed by atoms with van der Waals surface area (Å²) < 4.78 is 28.2. The maximum absolute atomic E-state index is 12.6. The zero-order valence-corrected chi connectivity index (χ0v) is 22.9. The first-order chi connectivity index (χ1) is 17.1. The van der Waals surface area contributed by atoms with Crippen molar-refractivity contribution in [1.29, 1.82) is 0 Å². The van der Waals surface area contributed by atoms with E-state index < -0.39 is 50.5 Å². The summed E-state index contributed by atoms with van der Waals surface area (Å²) in [6.45, 7) is 6.20. The maximum Gasteiger partial charge on any atom is 0.472 e. The molecule has 1 aromatic rings. The number of amides is 1. The number of aliphatic carboxylic acids is 1. The quantitative estimate of drug-likeness (QED) is 0.0968. The number of carbonyl (C=O) groups excluding carboxylic acids is 2. The Balaban J connectivity index is 2.77. The van der Waals surface area contributed by atoms with Gasteiger partial charge in [-0.15, -0.1) is 0 Å². The van der Waals surface area contributed by atoms with Gasteiger partial charge in [0.25, 0.3) is 0 Å². The van der Waals surface area contributed by atoms with Crippen LogP contribution in [0, 0.1) is 0 Å². The highest BCUT2D eigenvalue weighted by Crippen LogP contribution is 2.44. The van der Waals surface area contributed by atoms with Crippen LogP contribution in [0.3, 0.4) is 0 Å². The highest BCUT2D eigenvalue weighted by molar-refractivity contribution is 7.47. The van der Waals surface area contributed by atoms with E-state index in [4.69, 9.17) is 13.8 Å². The molecule has 4 N–H and O–H groups in total. The van der Waals surface area contributed by atoms with Gasteiger partial charge < -0.3 is 29.9 Å². The molecule has 12 nitrogen and oxygen atoms in total. The Morgan fingerprint density at radius 1 is 1.16 bits per heavy atom. The topological polar surface area (TPSA) is 160 Å². The lowest BCUT2D eigenvalue weighted by Crippen LogP contribution is -2.51. The second-order valence-electron chi connectivity index (χ2n) is 9.64. The number of carbonyl (C=O) groups is 3. The van der Waals surface area contributed by atoms with Gasteiger partial charge >= 0.3 is 19.8 Å². The SMILES string of the molecule is C=C(C)C(=O)OCC(CNC(C)C(=O)NC(Cc1ccccc1)C(=O)O)OP(=O)(O)OCC[N+](C)(C)C. The number of rotatable bonds is 17. The normalized spacial score (nSPS) is 15.6. The third-order valence-corrected chi connectivity index (χ3v) is 6.06. The molecular weight excluding hydrogens is 505 g/mol. The Morgan fingerprint density at radius 3 is 2.32 bits per heavy atom. The van der Waals surface area contributed by atoms with Crippen molar-refractivity contribution in [3.8, 4) is 0 Å². The zero-order chi connectivity index (χ0) is 28.2. The fraction of sp³-hybridized carbons (Fsp3) is 0.542. The second kappa shape index (κ2) is 15.0. The monoisotopic (exact) mass is 544 g/mol. The minimum absolute atomic E-state index is 0.0558. The average Bonchev–Trinajstić information content (AvgIpc) is 2.79. The van der Waals surface area contributed by atoms with Gasteiger partial charge in [-0.2, -0.15) is 0 Å². The third-order valence-electron chi connectivity index (χ3n) is 4.99. The minimum atomic E-state index is -4.52. The summed E-state index contributed by atoms with van der Waals surface area (Å²) in [7, 11) is 1.14. The van der Waals surface area contributed by atoms with Gasteiger partial charge in [0.1, 0.15) is 31.9 Å². The Morgan fingerprint density at radius 2 is 1.78 bits per heavy atom.